The van der Waals surface area contributed by atoms with Gasteiger partial charge in [0.25, 0.3) is 0 Å². The third kappa shape index (κ3) is 10.9. The van der Waals surface area contributed by atoms with Crippen LogP contribution in [0.15, 0.2) is 60.5 Å². The highest BCUT2D eigenvalue weighted by Gasteiger charge is 2.47. The van der Waals surface area contributed by atoms with Crippen LogP contribution in [0.1, 0.15) is 109 Å². The lowest BCUT2D eigenvalue weighted by atomic mass is 9.53. The van der Waals surface area contributed by atoms with E-state index in [1.54, 1.807) is 0 Å². The second kappa shape index (κ2) is 13.7. The summed E-state index contributed by atoms with van der Waals surface area (Å²) in [7, 11) is 0. The van der Waals surface area contributed by atoms with Crippen LogP contribution < -0.4 is 11.1 Å². The molecule has 0 spiro atoms. The molecule has 0 aromatic rings. The van der Waals surface area contributed by atoms with Gasteiger partial charge in [0, 0.05) is 17.3 Å². The summed E-state index contributed by atoms with van der Waals surface area (Å²) in [5.41, 5.74) is 9.82. The van der Waals surface area contributed by atoms with E-state index in [1.807, 2.05) is 19.9 Å². The van der Waals surface area contributed by atoms with Crippen molar-refractivity contribution in [1.82, 2.24) is 5.32 Å². The molecule has 0 aromatic carbocycles. The molecule has 2 atom stereocenters. The van der Waals surface area contributed by atoms with Crippen molar-refractivity contribution in [3.05, 3.63) is 60.5 Å². The lowest BCUT2D eigenvalue weighted by Crippen LogP contribution is -2.44. The second-order valence-corrected chi connectivity index (χ2v) is 13.9. The highest BCUT2D eigenvalue weighted by molar-refractivity contribution is 5.26. The van der Waals surface area contributed by atoms with Crippen molar-refractivity contribution in [2.45, 2.75) is 109 Å². The van der Waals surface area contributed by atoms with Crippen LogP contribution in [-0.4, -0.2) is 6.54 Å². The monoisotopic (exact) mass is 484 g/mol. The quantitative estimate of drug-likeness (QED) is 0.190. The van der Waals surface area contributed by atoms with Crippen molar-refractivity contribution in [2.24, 2.45) is 39.2 Å². The van der Waals surface area contributed by atoms with E-state index in [1.165, 1.54) is 5.57 Å². The normalized spacial score (nSPS) is 16.1. The minimum absolute atomic E-state index is 0.0582. The van der Waals surface area contributed by atoms with Crippen LogP contribution in [0.2, 0.25) is 0 Å². The van der Waals surface area contributed by atoms with Crippen LogP contribution in [0, 0.1) is 33.5 Å². The predicted octanol–water partition coefficient (Wildman–Crippen LogP) is 9.58. The molecule has 0 fully saturated rings. The van der Waals surface area contributed by atoms with Crippen LogP contribution >= 0.6 is 0 Å². The lowest BCUT2D eigenvalue weighted by molar-refractivity contribution is 0.00474. The maximum Gasteiger partial charge on any atom is 0.0378 e. The molecule has 0 amide bonds. The highest BCUT2D eigenvalue weighted by Crippen LogP contribution is 2.55. The first-order valence-corrected chi connectivity index (χ1v) is 13.6. The van der Waals surface area contributed by atoms with E-state index < -0.39 is 0 Å². The molecule has 0 aromatic heterocycles. The predicted molar refractivity (Wildman–Crippen MR) is 160 cm³/mol. The molecule has 0 bridgehead atoms. The summed E-state index contributed by atoms with van der Waals surface area (Å²) in [6.45, 7) is 37.9. The van der Waals surface area contributed by atoms with Gasteiger partial charge in [0.1, 0.15) is 0 Å². The summed E-state index contributed by atoms with van der Waals surface area (Å²) >= 11 is 0. The van der Waals surface area contributed by atoms with Gasteiger partial charge in [-0.1, -0.05) is 106 Å². The van der Waals surface area contributed by atoms with Crippen LogP contribution in [-0.2, 0) is 0 Å². The first-order chi connectivity index (χ1) is 15.8. The first kappa shape index (κ1) is 33.5. The Balaban J connectivity index is 6.24. The standard InChI is InChI=1S/C33H60N2/c1-15-17-21-27(19-16-2)35-26(4)29(31(8,9)10)24-32(11,12)33(13,14)28(23-30(5,6)7)25(3)20-18-22-34/h15-17,19,21,28-29,35H,3-4,18,20,22-24,34H2,1-2,5-14H3/b17-15-,19-16-,27-21+. The van der Waals surface area contributed by atoms with E-state index in [2.05, 4.69) is 112 Å². The third-order valence-electron chi connectivity index (χ3n) is 7.93. The molecule has 2 nitrogen and oxygen atoms in total. The number of allylic oxidation sites excluding steroid dienone is 7. The van der Waals surface area contributed by atoms with Gasteiger partial charge < -0.3 is 11.1 Å². The van der Waals surface area contributed by atoms with Crippen LogP contribution in [0.3, 0.4) is 0 Å². The summed E-state index contributed by atoms with van der Waals surface area (Å²) in [5.74, 6) is 0.739. The number of nitrogens with one attached hydrogen (secondary N) is 1. The van der Waals surface area contributed by atoms with E-state index >= 15 is 0 Å². The average Bonchev–Trinajstić information content (AvgIpc) is 2.70. The number of hydrogen-bond acceptors (Lipinski definition) is 2. The maximum absolute atomic E-state index is 5.87. The van der Waals surface area contributed by atoms with Crippen LogP contribution in [0.5, 0.6) is 0 Å². The summed E-state index contributed by atoms with van der Waals surface area (Å²) < 4.78 is 0. The van der Waals surface area contributed by atoms with Crippen molar-refractivity contribution >= 4 is 0 Å². The maximum atomic E-state index is 5.87. The highest BCUT2D eigenvalue weighted by atomic mass is 14.9. The van der Waals surface area contributed by atoms with Crippen LogP contribution in [0.25, 0.3) is 0 Å². The fourth-order valence-corrected chi connectivity index (χ4v) is 5.01. The lowest BCUT2D eigenvalue weighted by Gasteiger charge is -2.52. The zero-order valence-electron chi connectivity index (χ0n) is 25.6. The van der Waals surface area contributed by atoms with Crippen molar-refractivity contribution in [3.63, 3.8) is 0 Å². The molecule has 0 saturated carbocycles. The largest absolute Gasteiger partial charge is 0.359 e. The Hall–Kier alpha value is -1.54. The molecular formula is C33H60N2. The van der Waals surface area contributed by atoms with Crippen LogP contribution in [0.4, 0.5) is 0 Å². The van der Waals surface area contributed by atoms with Gasteiger partial charge in [-0.15, -0.1) is 0 Å². The summed E-state index contributed by atoms with van der Waals surface area (Å²) in [4.78, 5) is 0. The number of rotatable bonds is 14. The van der Waals surface area contributed by atoms with E-state index in [0.717, 1.165) is 43.6 Å². The van der Waals surface area contributed by atoms with Crippen molar-refractivity contribution < 1.29 is 0 Å². The molecule has 0 heterocycles. The van der Waals surface area contributed by atoms with E-state index in [4.69, 9.17) is 5.73 Å². The van der Waals surface area contributed by atoms with E-state index in [-0.39, 0.29) is 21.7 Å². The van der Waals surface area contributed by atoms with Gasteiger partial charge in [-0.05, 0) is 85.8 Å². The number of nitrogens with two attached hydrogens (primary N) is 1. The Bertz CT molecular complexity index is 760. The zero-order chi connectivity index (χ0) is 27.7. The fraction of sp³-hybridized carbons (Fsp3) is 0.697. The summed E-state index contributed by atoms with van der Waals surface area (Å²) in [5, 5.41) is 3.65. The fourth-order valence-electron chi connectivity index (χ4n) is 5.01. The van der Waals surface area contributed by atoms with Gasteiger partial charge in [-0.25, -0.2) is 0 Å². The molecule has 2 unspecified atom stereocenters. The number of hydrogen-bond donors (Lipinski definition) is 2. The Morgan fingerprint density at radius 2 is 1.43 bits per heavy atom. The molecule has 0 rings (SSSR count). The third-order valence-corrected chi connectivity index (χ3v) is 7.93. The average molecular weight is 485 g/mol. The van der Waals surface area contributed by atoms with Gasteiger partial charge in [0.15, 0.2) is 0 Å². The molecule has 0 saturated heterocycles. The Kier molecular flexibility index (Phi) is 13.1. The van der Waals surface area contributed by atoms with Gasteiger partial charge in [0.05, 0.1) is 0 Å². The van der Waals surface area contributed by atoms with Crippen molar-refractivity contribution in [1.29, 1.82) is 0 Å². The topological polar surface area (TPSA) is 38.0 Å². The van der Waals surface area contributed by atoms with Gasteiger partial charge in [-0.3, -0.25) is 0 Å². The molecule has 0 radical (unpaired) electrons. The van der Waals surface area contributed by atoms with Gasteiger partial charge in [-0.2, -0.15) is 0 Å². The molecule has 0 aliphatic heterocycles. The first-order valence-electron chi connectivity index (χ1n) is 13.6. The minimum Gasteiger partial charge on any atom is -0.359 e. The minimum atomic E-state index is 0.0582. The molecular weight excluding hydrogens is 424 g/mol. The van der Waals surface area contributed by atoms with E-state index in [0.29, 0.717) is 11.8 Å². The van der Waals surface area contributed by atoms with Gasteiger partial charge >= 0.3 is 0 Å². The Morgan fingerprint density at radius 1 is 0.857 bits per heavy atom. The molecule has 0 aliphatic rings. The molecule has 0 aliphatic carbocycles. The SMILES string of the molecule is C=C(NC(/C=C\C)=C/C=C\C)C(CC(C)(C)C(C)(C)C(CC(C)(C)C)C(=C)CCCN)C(C)(C)C. The molecule has 35 heavy (non-hydrogen) atoms. The molecule has 3 N–H and O–H groups in total. The Labute approximate surface area is 220 Å². The zero-order valence-corrected chi connectivity index (χ0v) is 25.6. The van der Waals surface area contributed by atoms with Crippen molar-refractivity contribution in [2.75, 3.05) is 6.54 Å². The summed E-state index contributed by atoms with van der Waals surface area (Å²) in [6, 6.07) is 0. The van der Waals surface area contributed by atoms with Gasteiger partial charge in [0.2, 0.25) is 0 Å². The smallest absolute Gasteiger partial charge is 0.0378 e. The summed E-state index contributed by atoms with van der Waals surface area (Å²) in [6.07, 6.45) is 14.6. The molecule has 2 heteroatoms. The Morgan fingerprint density at radius 3 is 1.86 bits per heavy atom. The van der Waals surface area contributed by atoms with E-state index in [9.17, 15) is 0 Å². The van der Waals surface area contributed by atoms with Crippen molar-refractivity contribution in [3.8, 4) is 0 Å². The molecule has 202 valence electrons. The second-order valence-electron chi connectivity index (χ2n) is 13.9.